The van der Waals surface area contributed by atoms with E-state index < -0.39 is 5.41 Å². The van der Waals surface area contributed by atoms with Crippen LogP contribution in [0.25, 0.3) is 0 Å². The minimum atomic E-state index is -0.438. The first-order valence-corrected chi connectivity index (χ1v) is 10.8. The zero-order chi connectivity index (χ0) is 20.3. The van der Waals surface area contributed by atoms with Crippen LogP contribution < -0.4 is 10.2 Å². The van der Waals surface area contributed by atoms with Crippen LogP contribution in [0.4, 0.5) is 11.4 Å². The third-order valence-corrected chi connectivity index (χ3v) is 5.99. The lowest BCUT2D eigenvalue weighted by Gasteiger charge is -2.27. The Morgan fingerprint density at radius 2 is 1.82 bits per heavy atom. The largest absolute Gasteiger partial charge is 0.326 e. The Kier molecular flexibility index (Phi) is 6.14. The summed E-state index contributed by atoms with van der Waals surface area (Å²) in [5.41, 5.74) is 3.62. The van der Waals surface area contributed by atoms with Crippen molar-refractivity contribution in [2.45, 2.75) is 45.9 Å². The average molecular weight is 397 g/mol. The Hall–Kier alpha value is -2.27. The molecule has 1 heterocycles. The highest BCUT2D eigenvalue weighted by Gasteiger charge is 2.35. The van der Waals surface area contributed by atoms with Crippen molar-refractivity contribution in [1.82, 2.24) is 0 Å². The average Bonchev–Trinajstić information content (AvgIpc) is 3.04. The summed E-state index contributed by atoms with van der Waals surface area (Å²) in [6.45, 7) is 7.83. The van der Waals surface area contributed by atoms with Crippen molar-refractivity contribution in [3.8, 4) is 0 Å². The van der Waals surface area contributed by atoms with Crippen molar-refractivity contribution in [3.05, 3.63) is 59.7 Å². The molecule has 0 radical (unpaired) electrons. The van der Waals surface area contributed by atoms with Crippen molar-refractivity contribution >= 4 is 35.0 Å². The predicted octanol–water partition coefficient (Wildman–Crippen LogP) is 5.40. The summed E-state index contributed by atoms with van der Waals surface area (Å²) in [6.07, 6.45) is 1.99. The Morgan fingerprint density at radius 1 is 1.14 bits per heavy atom. The number of rotatable bonds is 5. The van der Waals surface area contributed by atoms with Gasteiger partial charge in [0.1, 0.15) is 5.37 Å². The topological polar surface area (TPSA) is 49.4 Å². The maximum absolute atomic E-state index is 12.7. The molecule has 0 unspecified atom stereocenters. The van der Waals surface area contributed by atoms with E-state index in [1.165, 1.54) is 5.56 Å². The first-order valence-electron chi connectivity index (χ1n) is 9.74. The number of benzene rings is 2. The van der Waals surface area contributed by atoms with Crippen molar-refractivity contribution < 1.29 is 9.59 Å². The van der Waals surface area contributed by atoms with Crippen LogP contribution in [-0.4, -0.2) is 17.6 Å². The summed E-state index contributed by atoms with van der Waals surface area (Å²) in [5.74, 6) is 0.609. The second-order valence-corrected chi connectivity index (χ2v) is 9.20. The second kappa shape index (κ2) is 8.39. The fourth-order valence-electron chi connectivity index (χ4n) is 3.21. The maximum atomic E-state index is 12.7. The van der Waals surface area contributed by atoms with E-state index in [4.69, 9.17) is 0 Å². The van der Waals surface area contributed by atoms with E-state index in [-0.39, 0.29) is 17.2 Å². The van der Waals surface area contributed by atoms with Crippen molar-refractivity contribution in [2.75, 3.05) is 16.0 Å². The lowest BCUT2D eigenvalue weighted by atomic mass is 9.95. The smallest absolute Gasteiger partial charge is 0.238 e. The second-order valence-electron chi connectivity index (χ2n) is 8.13. The van der Waals surface area contributed by atoms with E-state index in [9.17, 15) is 9.59 Å². The number of anilines is 2. The third kappa shape index (κ3) is 4.41. The number of amides is 2. The van der Waals surface area contributed by atoms with Gasteiger partial charge in [-0.15, -0.1) is 11.8 Å². The molecule has 1 atom stereocenters. The van der Waals surface area contributed by atoms with Gasteiger partial charge in [-0.3, -0.25) is 14.5 Å². The zero-order valence-electron chi connectivity index (χ0n) is 17.0. The minimum Gasteiger partial charge on any atom is -0.326 e. The summed E-state index contributed by atoms with van der Waals surface area (Å²) in [6, 6.07) is 16.0. The fraction of sp³-hybridized carbons (Fsp3) is 0.391. The van der Waals surface area contributed by atoms with E-state index in [1.807, 2.05) is 68.1 Å². The molecule has 0 bridgehead atoms. The molecule has 2 aromatic carbocycles. The molecular weight excluding hydrogens is 368 g/mol. The van der Waals surface area contributed by atoms with E-state index in [2.05, 4.69) is 18.3 Å². The lowest BCUT2D eigenvalue weighted by molar-refractivity contribution is -0.123. The first-order chi connectivity index (χ1) is 13.3. The number of para-hydroxylation sites is 1. The predicted molar refractivity (Wildman–Crippen MR) is 118 cm³/mol. The first kappa shape index (κ1) is 20.5. The molecule has 1 N–H and O–H groups in total. The van der Waals surface area contributed by atoms with Crippen molar-refractivity contribution in [2.24, 2.45) is 5.41 Å². The van der Waals surface area contributed by atoms with Crippen LogP contribution in [0.3, 0.4) is 0 Å². The highest BCUT2D eigenvalue weighted by atomic mass is 32.2. The van der Waals surface area contributed by atoms with Crippen LogP contribution >= 0.6 is 11.8 Å². The number of aryl methyl sites for hydroxylation is 1. The molecule has 2 aromatic rings. The number of hydrogen-bond acceptors (Lipinski definition) is 3. The van der Waals surface area contributed by atoms with Gasteiger partial charge in [0, 0.05) is 16.8 Å². The fourth-order valence-corrected chi connectivity index (χ4v) is 4.38. The SMILES string of the molecule is CCCc1ccccc1N1C(=O)CS[C@H]1c1ccc(NC(=O)C(C)(C)C)cc1. The summed E-state index contributed by atoms with van der Waals surface area (Å²) in [5, 5.41) is 2.91. The van der Waals surface area contributed by atoms with Crippen LogP contribution in [0, 0.1) is 5.41 Å². The quantitative estimate of drug-likeness (QED) is 0.736. The Bertz CT molecular complexity index is 856. The van der Waals surface area contributed by atoms with Crippen molar-refractivity contribution in [3.63, 3.8) is 0 Å². The molecule has 0 aliphatic carbocycles. The van der Waals surface area contributed by atoms with E-state index >= 15 is 0 Å². The molecule has 0 aromatic heterocycles. The molecule has 1 fully saturated rings. The highest BCUT2D eigenvalue weighted by molar-refractivity contribution is 8.00. The summed E-state index contributed by atoms with van der Waals surface area (Å²) in [7, 11) is 0. The molecule has 4 nitrogen and oxygen atoms in total. The Morgan fingerprint density at radius 3 is 2.46 bits per heavy atom. The van der Waals surface area contributed by atoms with Crippen molar-refractivity contribution in [1.29, 1.82) is 0 Å². The monoisotopic (exact) mass is 396 g/mol. The number of carbonyl (C=O) groups excluding carboxylic acids is 2. The van der Waals surface area contributed by atoms with Gasteiger partial charge in [0.2, 0.25) is 11.8 Å². The van der Waals surface area contributed by atoms with Gasteiger partial charge >= 0.3 is 0 Å². The van der Waals surface area contributed by atoms with Crippen LogP contribution in [0.1, 0.15) is 50.6 Å². The maximum Gasteiger partial charge on any atom is 0.238 e. The van der Waals surface area contributed by atoms with E-state index in [0.29, 0.717) is 5.75 Å². The molecule has 1 aliphatic heterocycles. The highest BCUT2D eigenvalue weighted by Crippen LogP contribution is 2.43. The number of thioether (sulfide) groups is 1. The standard InChI is InChI=1S/C23H28N2O2S/c1-5-8-16-9-6-7-10-19(16)25-20(26)15-28-21(25)17-11-13-18(14-12-17)24-22(27)23(2,3)4/h6-7,9-14,21H,5,8,15H2,1-4H3,(H,24,27)/t21-/m0/s1. The minimum absolute atomic E-state index is 0.0132. The van der Waals surface area contributed by atoms with Gasteiger partial charge in [-0.2, -0.15) is 0 Å². The van der Waals surface area contributed by atoms with Gasteiger partial charge in [-0.25, -0.2) is 0 Å². The summed E-state index contributed by atoms with van der Waals surface area (Å²) < 4.78 is 0. The number of nitrogens with zero attached hydrogens (tertiary/aromatic N) is 1. The number of nitrogens with one attached hydrogen (secondary N) is 1. The molecule has 2 amide bonds. The molecule has 1 saturated heterocycles. The van der Waals surface area contributed by atoms with Gasteiger partial charge in [0.15, 0.2) is 0 Å². The molecule has 148 valence electrons. The molecule has 0 spiro atoms. The summed E-state index contributed by atoms with van der Waals surface area (Å²) in [4.78, 5) is 26.8. The molecule has 3 rings (SSSR count). The normalized spacial score (nSPS) is 17.1. The molecule has 5 heteroatoms. The van der Waals surface area contributed by atoms with Gasteiger partial charge in [-0.1, -0.05) is 64.4 Å². The van der Waals surface area contributed by atoms with Crippen LogP contribution in [-0.2, 0) is 16.0 Å². The van der Waals surface area contributed by atoms with Crippen LogP contribution in [0.15, 0.2) is 48.5 Å². The Labute approximate surface area is 171 Å². The van der Waals surface area contributed by atoms with Gasteiger partial charge in [-0.05, 0) is 35.7 Å². The number of carbonyl (C=O) groups is 2. The van der Waals surface area contributed by atoms with Crippen LogP contribution in [0.5, 0.6) is 0 Å². The van der Waals surface area contributed by atoms with Gasteiger partial charge in [0.05, 0.1) is 5.75 Å². The van der Waals surface area contributed by atoms with Gasteiger partial charge in [0.25, 0.3) is 0 Å². The van der Waals surface area contributed by atoms with E-state index in [0.717, 1.165) is 29.8 Å². The summed E-state index contributed by atoms with van der Waals surface area (Å²) >= 11 is 1.65. The lowest BCUT2D eigenvalue weighted by Crippen LogP contribution is -2.29. The van der Waals surface area contributed by atoms with Crippen LogP contribution in [0.2, 0.25) is 0 Å². The zero-order valence-corrected chi connectivity index (χ0v) is 17.8. The molecule has 1 aliphatic rings. The van der Waals surface area contributed by atoms with Gasteiger partial charge < -0.3 is 5.32 Å². The number of hydrogen-bond donors (Lipinski definition) is 1. The molecular formula is C23H28N2O2S. The third-order valence-electron chi connectivity index (χ3n) is 4.77. The molecule has 0 saturated carbocycles. The van der Waals surface area contributed by atoms with E-state index in [1.54, 1.807) is 11.8 Å². The Balaban J connectivity index is 1.85. The molecule has 28 heavy (non-hydrogen) atoms.